The van der Waals surface area contributed by atoms with Crippen LogP contribution in [0.4, 0.5) is 0 Å². The van der Waals surface area contributed by atoms with Crippen molar-refractivity contribution in [3.63, 3.8) is 0 Å². The maximum atomic E-state index is 11.0. The van der Waals surface area contributed by atoms with E-state index in [1.807, 2.05) is 12.3 Å². The van der Waals surface area contributed by atoms with Gasteiger partial charge in [-0.15, -0.1) is 0 Å². The number of hydrogen-bond acceptors (Lipinski definition) is 2. The monoisotopic (exact) mass is 441 g/mol. The Balaban J connectivity index is 1.70. The minimum Gasteiger partial charge on any atom is -0.491 e. The lowest BCUT2D eigenvalue weighted by atomic mass is 9.98. The number of aromatic amines is 1. The van der Waals surface area contributed by atoms with Crippen molar-refractivity contribution < 1.29 is 14.6 Å². The molecule has 0 unspecified atom stereocenters. The van der Waals surface area contributed by atoms with Crippen molar-refractivity contribution >= 4 is 32.8 Å². The molecule has 1 aliphatic carbocycles. The lowest BCUT2D eigenvalue weighted by Crippen LogP contribution is -2.09. The van der Waals surface area contributed by atoms with E-state index in [9.17, 15) is 4.79 Å². The van der Waals surface area contributed by atoms with Gasteiger partial charge in [-0.1, -0.05) is 18.9 Å². The topological polar surface area (TPSA) is 62.3 Å². The standard InChI is InChI=1S/C23H24BrNO3/c24-20-12-16(5-8-22(26)27)11-19(23(20)28-14-15-3-1-2-4-15)17-6-7-21-18(13-17)9-10-25-21/h6-7,9-13,15,25H,1-5,8,14H2,(H,26,27). The molecule has 1 saturated carbocycles. The van der Waals surface area contributed by atoms with E-state index in [4.69, 9.17) is 9.84 Å². The van der Waals surface area contributed by atoms with E-state index in [1.54, 1.807) is 0 Å². The second-order valence-electron chi connectivity index (χ2n) is 7.59. The summed E-state index contributed by atoms with van der Waals surface area (Å²) >= 11 is 3.68. The number of benzene rings is 2. The molecule has 3 aromatic rings. The Morgan fingerprint density at radius 3 is 2.79 bits per heavy atom. The number of aliphatic carboxylic acids is 1. The van der Waals surface area contributed by atoms with Gasteiger partial charge >= 0.3 is 5.97 Å². The first-order valence-electron chi connectivity index (χ1n) is 9.84. The number of aryl methyl sites for hydroxylation is 1. The maximum Gasteiger partial charge on any atom is 0.303 e. The van der Waals surface area contributed by atoms with Crippen molar-refractivity contribution in [3.8, 4) is 16.9 Å². The number of carboxylic acids is 1. The summed E-state index contributed by atoms with van der Waals surface area (Å²) in [5.41, 5.74) is 4.17. The molecule has 0 spiro atoms. The van der Waals surface area contributed by atoms with Gasteiger partial charge in [0.1, 0.15) is 5.75 Å². The molecule has 0 bridgehead atoms. The van der Waals surface area contributed by atoms with Crippen LogP contribution in [0, 0.1) is 5.92 Å². The molecule has 1 aliphatic rings. The number of nitrogens with one attached hydrogen (secondary N) is 1. The van der Waals surface area contributed by atoms with Gasteiger partial charge in [-0.25, -0.2) is 0 Å². The molecule has 0 aliphatic heterocycles. The third-order valence-corrected chi connectivity index (χ3v) is 6.12. The molecular formula is C23H24BrNO3. The average molecular weight is 442 g/mol. The maximum absolute atomic E-state index is 11.0. The Hall–Kier alpha value is -2.27. The fraction of sp³-hybridized carbons (Fsp3) is 0.348. The van der Waals surface area contributed by atoms with Gasteiger partial charge in [0.05, 0.1) is 11.1 Å². The highest BCUT2D eigenvalue weighted by atomic mass is 79.9. The molecule has 28 heavy (non-hydrogen) atoms. The highest BCUT2D eigenvalue weighted by molar-refractivity contribution is 9.10. The van der Waals surface area contributed by atoms with Gasteiger partial charge in [0.15, 0.2) is 0 Å². The van der Waals surface area contributed by atoms with E-state index in [1.165, 1.54) is 25.7 Å². The van der Waals surface area contributed by atoms with E-state index >= 15 is 0 Å². The van der Waals surface area contributed by atoms with Crippen molar-refractivity contribution in [2.75, 3.05) is 6.61 Å². The van der Waals surface area contributed by atoms with E-state index in [2.05, 4.69) is 51.2 Å². The number of rotatable bonds is 7. The molecule has 4 rings (SSSR count). The van der Waals surface area contributed by atoms with Crippen molar-refractivity contribution in [1.29, 1.82) is 0 Å². The number of carboxylic acid groups (broad SMARTS) is 1. The highest BCUT2D eigenvalue weighted by Gasteiger charge is 2.19. The van der Waals surface area contributed by atoms with Gasteiger partial charge < -0.3 is 14.8 Å². The summed E-state index contributed by atoms with van der Waals surface area (Å²) in [6.45, 7) is 0.729. The van der Waals surface area contributed by atoms with Crippen LogP contribution in [0.1, 0.15) is 37.7 Å². The fourth-order valence-corrected chi connectivity index (χ4v) is 4.63. The van der Waals surface area contributed by atoms with Crippen LogP contribution in [-0.4, -0.2) is 22.7 Å². The van der Waals surface area contributed by atoms with Gasteiger partial charge in [0.2, 0.25) is 0 Å². The number of aromatic nitrogens is 1. The Bertz CT molecular complexity index is 989. The van der Waals surface area contributed by atoms with Gasteiger partial charge in [0.25, 0.3) is 0 Å². The van der Waals surface area contributed by atoms with Crippen LogP contribution >= 0.6 is 15.9 Å². The fourth-order valence-electron chi connectivity index (χ4n) is 4.01. The summed E-state index contributed by atoms with van der Waals surface area (Å²) in [7, 11) is 0. The van der Waals surface area contributed by atoms with E-state index in [-0.39, 0.29) is 6.42 Å². The van der Waals surface area contributed by atoms with Crippen LogP contribution in [0.15, 0.2) is 47.1 Å². The smallest absolute Gasteiger partial charge is 0.303 e. The van der Waals surface area contributed by atoms with Crippen LogP contribution in [0.3, 0.4) is 0 Å². The molecule has 2 aromatic carbocycles. The first kappa shape index (κ1) is 19.1. The number of halogens is 1. The number of fused-ring (bicyclic) bond motifs is 1. The minimum atomic E-state index is -0.784. The lowest BCUT2D eigenvalue weighted by molar-refractivity contribution is -0.136. The average Bonchev–Trinajstić information content (AvgIpc) is 3.36. The van der Waals surface area contributed by atoms with Crippen LogP contribution in [0.5, 0.6) is 5.75 Å². The summed E-state index contributed by atoms with van der Waals surface area (Å²) in [5.74, 6) is 0.687. The lowest BCUT2D eigenvalue weighted by Gasteiger charge is -2.18. The largest absolute Gasteiger partial charge is 0.491 e. The molecule has 2 N–H and O–H groups in total. The van der Waals surface area contributed by atoms with Crippen molar-refractivity contribution in [2.45, 2.75) is 38.5 Å². The second kappa shape index (κ2) is 8.39. The quantitative estimate of drug-likeness (QED) is 0.459. The van der Waals surface area contributed by atoms with Crippen LogP contribution in [0.25, 0.3) is 22.0 Å². The van der Waals surface area contributed by atoms with Gasteiger partial charge in [-0.05, 0) is 88.0 Å². The van der Waals surface area contributed by atoms with Crippen LogP contribution < -0.4 is 4.74 Å². The molecule has 0 radical (unpaired) electrons. The Morgan fingerprint density at radius 2 is 2.00 bits per heavy atom. The van der Waals surface area contributed by atoms with E-state index in [0.717, 1.165) is 44.4 Å². The molecule has 4 nitrogen and oxygen atoms in total. The third kappa shape index (κ3) is 4.25. The summed E-state index contributed by atoms with van der Waals surface area (Å²) in [4.78, 5) is 14.2. The van der Waals surface area contributed by atoms with Crippen LogP contribution in [-0.2, 0) is 11.2 Å². The number of carbonyl (C=O) groups is 1. The minimum absolute atomic E-state index is 0.116. The molecule has 5 heteroatoms. The zero-order valence-corrected chi connectivity index (χ0v) is 17.3. The molecular weight excluding hydrogens is 418 g/mol. The predicted molar refractivity (Wildman–Crippen MR) is 115 cm³/mol. The van der Waals surface area contributed by atoms with E-state index < -0.39 is 5.97 Å². The summed E-state index contributed by atoms with van der Waals surface area (Å²) in [5, 5.41) is 10.2. The third-order valence-electron chi connectivity index (χ3n) is 5.53. The normalized spacial score (nSPS) is 14.6. The van der Waals surface area contributed by atoms with Gasteiger partial charge in [-0.3, -0.25) is 4.79 Å². The molecule has 0 amide bonds. The zero-order valence-electron chi connectivity index (χ0n) is 15.7. The molecule has 146 valence electrons. The van der Waals surface area contributed by atoms with E-state index in [0.29, 0.717) is 12.3 Å². The predicted octanol–water partition coefficient (Wildman–Crippen LogP) is 6.18. The molecule has 1 fully saturated rings. The Labute approximate surface area is 173 Å². The van der Waals surface area contributed by atoms with Crippen molar-refractivity contribution in [3.05, 3.63) is 52.6 Å². The number of ether oxygens (including phenoxy) is 1. The highest BCUT2D eigenvalue weighted by Crippen LogP contribution is 2.40. The molecule has 0 saturated heterocycles. The molecule has 1 heterocycles. The molecule has 1 aromatic heterocycles. The summed E-state index contributed by atoms with van der Waals surface area (Å²) < 4.78 is 7.20. The van der Waals surface area contributed by atoms with Crippen LogP contribution in [0.2, 0.25) is 0 Å². The Morgan fingerprint density at radius 1 is 1.18 bits per heavy atom. The molecule has 0 atom stereocenters. The SMILES string of the molecule is O=C(O)CCc1cc(Br)c(OCC2CCCC2)c(-c2ccc3[nH]ccc3c2)c1. The first-order valence-corrected chi connectivity index (χ1v) is 10.6. The zero-order chi connectivity index (χ0) is 19.5. The van der Waals surface area contributed by atoms with Crippen molar-refractivity contribution in [2.24, 2.45) is 5.92 Å². The van der Waals surface area contributed by atoms with Crippen molar-refractivity contribution in [1.82, 2.24) is 4.98 Å². The summed E-state index contributed by atoms with van der Waals surface area (Å²) in [6, 6.07) is 12.4. The summed E-state index contributed by atoms with van der Waals surface area (Å²) in [6.07, 6.45) is 7.60. The van der Waals surface area contributed by atoms with Gasteiger partial charge in [0, 0.05) is 23.7 Å². The number of hydrogen-bond donors (Lipinski definition) is 2. The Kier molecular flexibility index (Phi) is 5.72. The second-order valence-corrected chi connectivity index (χ2v) is 8.44. The van der Waals surface area contributed by atoms with Gasteiger partial charge in [-0.2, -0.15) is 0 Å². The first-order chi connectivity index (χ1) is 13.6. The number of H-pyrrole nitrogens is 1.